The third-order valence-electron chi connectivity index (χ3n) is 5.02. The largest absolute Gasteiger partial charge is 0.352 e. The second kappa shape index (κ2) is 9.38. The monoisotopic (exact) mass is 431 g/mol. The summed E-state index contributed by atoms with van der Waals surface area (Å²) in [6.45, 7) is 2.56. The Bertz CT molecular complexity index is 1290. The number of amides is 1. The molecule has 0 saturated carbocycles. The molecule has 3 heterocycles. The first-order valence-corrected chi connectivity index (χ1v) is 10.2. The molecule has 7 nitrogen and oxygen atoms in total. The Morgan fingerprint density at radius 1 is 1.12 bits per heavy atom. The molecule has 0 bridgehead atoms. The van der Waals surface area contributed by atoms with E-state index in [1.54, 1.807) is 36.1 Å². The maximum atomic E-state index is 13.3. The number of nitrogens with one attached hydrogen (secondary N) is 2. The molecular weight excluding hydrogens is 409 g/mol. The van der Waals surface area contributed by atoms with Gasteiger partial charge in [0, 0.05) is 48.7 Å². The summed E-state index contributed by atoms with van der Waals surface area (Å²) < 4.78 is 15.1. The molecule has 162 valence electrons. The molecular formula is C24H22FN5O2. The number of rotatable bonds is 7. The van der Waals surface area contributed by atoms with E-state index >= 15 is 0 Å². The number of nitrogens with zero attached hydrogens (tertiary/aromatic N) is 3. The molecule has 0 saturated heterocycles. The minimum atomic E-state index is -0.314. The summed E-state index contributed by atoms with van der Waals surface area (Å²) in [6.07, 6.45) is 5.54. The van der Waals surface area contributed by atoms with Crippen LogP contribution in [0.25, 0.3) is 22.5 Å². The van der Waals surface area contributed by atoms with Crippen LogP contribution in [0.3, 0.4) is 0 Å². The number of carbonyl (C=O) groups excluding carboxylic acids is 1. The Balaban J connectivity index is 1.68. The average molecular weight is 431 g/mol. The second-order valence-corrected chi connectivity index (χ2v) is 7.32. The highest BCUT2D eigenvalue weighted by atomic mass is 19.1. The van der Waals surface area contributed by atoms with E-state index < -0.39 is 0 Å². The lowest BCUT2D eigenvalue weighted by Crippen LogP contribution is -2.22. The topological polar surface area (TPSA) is 92.7 Å². The molecule has 0 aliphatic carbocycles. The normalized spacial score (nSPS) is 10.8. The van der Waals surface area contributed by atoms with Crippen molar-refractivity contribution < 1.29 is 9.18 Å². The highest BCUT2D eigenvalue weighted by Gasteiger charge is 2.13. The Labute approximate surface area is 184 Å². The summed E-state index contributed by atoms with van der Waals surface area (Å²) >= 11 is 0. The van der Waals surface area contributed by atoms with E-state index in [9.17, 15) is 14.0 Å². The van der Waals surface area contributed by atoms with Crippen molar-refractivity contribution in [3.8, 4) is 22.5 Å². The van der Waals surface area contributed by atoms with E-state index in [2.05, 4.69) is 20.4 Å². The lowest BCUT2D eigenvalue weighted by atomic mass is 10.0. The number of aromatic nitrogens is 4. The van der Waals surface area contributed by atoms with Gasteiger partial charge in [-0.15, -0.1) is 0 Å². The van der Waals surface area contributed by atoms with Gasteiger partial charge in [-0.05, 0) is 53.6 Å². The highest BCUT2D eigenvalue weighted by Crippen LogP contribution is 2.27. The molecule has 0 atom stereocenters. The maximum Gasteiger partial charge on any atom is 0.248 e. The molecule has 8 heteroatoms. The Hall–Kier alpha value is -4.07. The first-order valence-electron chi connectivity index (χ1n) is 10.2. The van der Waals surface area contributed by atoms with Crippen LogP contribution in [0.4, 0.5) is 4.39 Å². The summed E-state index contributed by atoms with van der Waals surface area (Å²) in [4.78, 5) is 30.4. The third kappa shape index (κ3) is 4.97. The van der Waals surface area contributed by atoms with Gasteiger partial charge in [0.2, 0.25) is 11.5 Å². The number of hydrogen-bond acceptors (Lipinski definition) is 4. The number of halogens is 1. The van der Waals surface area contributed by atoms with Crippen LogP contribution < -0.4 is 10.9 Å². The molecule has 2 N–H and O–H groups in total. The van der Waals surface area contributed by atoms with Crippen molar-refractivity contribution in [1.82, 2.24) is 25.1 Å². The van der Waals surface area contributed by atoms with Crippen LogP contribution in [-0.2, 0) is 17.9 Å². The number of benzene rings is 1. The van der Waals surface area contributed by atoms with Gasteiger partial charge in [0.25, 0.3) is 0 Å². The number of hydrogen-bond donors (Lipinski definition) is 2. The van der Waals surface area contributed by atoms with Crippen LogP contribution >= 0.6 is 0 Å². The maximum absolute atomic E-state index is 13.3. The molecule has 3 aromatic heterocycles. The van der Waals surface area contributed by atoms with Crippen LogP contribution in [0.5, 0.6) is 0 Å². The predicted octanol–water partition coefficient (Wildman–Crippen LogP) is 3.51. The minimum Gasteiger partial charge on any atom is -0.352 e. The number of carbonyl (C=O) groups is 1. The fourth-order valence-corrected chi connectivity index (χ4v) is 3.33. The van der Waals surface area contributed by atoms with Crippen molar-refractivity contribution in [2.75, 3.05) is 0 Å². The first kappa shape index (κ1) is 21.2. The van der Waals surface area contributed by atoms with E-state index in [1.165, 1.54) is 18.2 Å². The molecule has 32 heavy (non-hydrogen) atoms. The van der Waals surface area contributed by atoms with E-state index in [0.29, 0.717) is 30.9 Å². The number of H-pyrrole nitrogens is 1. The summed E-state index contributed by atoms with van der Waals surface area (Å²) in [5.41, 5.74) is 4.47. The van der Waals surface area contributed by atoms with E-state index in [-0.39, 0.29) is 17.3 Å². The molecule has 4 rings (SSSR count). The predicted molar refractivity (Wildman–Crippen MR) is 119 cm³/mol. The zero-order valence-corrected chi connectivity index (χ0v) is 17.5. The van der Waals surface area contributed by atoms with Crippen LogP contribution in [0.2, 0.25) is 0 Å². The summed E-state index contributed by atoms with van der Waals surface area (Å²) in [7, 11) is 0. The van der Waals surface area contributed by atoms with E-state index in [1.807, 2.05) is 24.4 Å². The molecule has 1 amide bonds. The molecule has 0 radical (unpaired) electrons. The molecule has 0 aliphatic rings. The fraction of sp³-hybridized carbons (Fsp3) is 0.167. The summed E-state index contributed by atoms with van der Waals surface area (Å²) in [5.74, 6) is -0.371. The van der Waals surface area contributed by atoms with Crippen LogP contribution in [-0.4, -0.2) is 25.7 Å². The van der Waals surface area contributed by atoms with Crippen molar-refractivity contribution in [3.63, 3.8) is 0 Å². The van der Waals surface area contributed by atoms with Crippen molar-refractivity contribution in [2.24, 2.45) is 0 Å². The standard InChI is InChI=1S/C24H22FN5O2/c1-2-23(31)28-14-18-13-27-22(17-3-5-19(25)6-4-17)12-20(18)21-8-10-30(29-21)15-16-7-9-26-24(32)11-16/h3-13H,2,14-15H2,1H3,(H,26,32)(H,28,31). The number of pyridine rings is 2. The van der Waals surface area contributed by atoms with Gasteiger partial charge in [0.1, 0.15) is 5.82 Å². The molecule has 0 fully saturated rings. The molecule has 0 spiro atoms. The van der Waals surface area contributed by atoms with Gasteiger partial charge in [0.15, 0.2) is 0 Å². The van der Waals surface area contributed by atoms with Gasteiger partial charge in [-0.2, -0.15) is 5.10 Å². The van der Waals surface area contributed by atoms with E-state index in [4.69, 9.17) is 0 Å². The van der Waals surface area contributed by atoms with Gasteiger partial charge in [0.05, 0.1) is 17.9 Å². The van der Waals surface area contributed by atoms with Crippen molar-refractivity contribution in [3.05, 3.63) is 94.4 Å². The van der Waals surface area contributed by atoms with Gasteiger partial charge >= 0.3 is 0 Å². The van der Waals surface area contributed by atoms with Gasteiger partial charge in [-0.1, -0.05) is 6.92 Å². The zero-order chi connectivity index (χ0) is 22.5. The SMILES string of the molecule is CCC(=O)NCc1cnc(-c2ccc(F)cc2)cc1-c1ccn(Cc2cc[nH]c(=O)c2)n1. The third-order valence-corrected chi connectivity index (χ3v) is 5.02. The van der Waals surface area contributed by atoms with Gasteiger partial charge in [-0.3, -0.25) is 19.3 Å². The summed E-state index contributed by atoms with van der Waals surface area (Å²) in [6, 6.07) is 13.3. The lowest BCUT2D eigenvalue weighted by molar-refractivity contribution is -0.120. The fourth-order valence-electron chi connectivity index (χ4n) is 3.33. The van der Waals surface area contributed by atoms with Crippen LogP contribution in [0, 0.1) is 5.82 Å². The number of aromatic amines is 1. The van der Waals surface area contributed by atoms with Gasteiger partial charge in [-0.25, -0.2) is 4.39 Å². The molecule has 4 aromatic rings. The molecule has 0 aliphatic heterocycles. The van der Waals surface area contributed by atoms with E-state index in [0.717, 1.165) is 22.3 Å². The Morgan fingerprint density at radius 3 is 2.69 bits per heavy atom. The zero-order valence-electron chi connectivity index (χ0n) is 17.5. The van der Waals surface area contributed by atoms with Gasteiger partial charge < -0.3 is 10.3 Å². The quantitative estimate of drug-likeness (QED) is 0.468. The smallest absolute Gasteiger partial charge is 0.248 e. The van der Waals surface area contributed by atoms with Crippen molar-refractivity contribution in [2.45, 2.75) is 26.4 Å². The first-order chi connectivity index (χ1) is 15.5. The van der Waals surface area contributed by atoms with Crippen LogP contribution in [0.1, 0.15) is 24.5 Å². The minimum absolute atomic E-state index is 0.0570. The summed E-state index contributed by atoms with van der Waals surface area (Å²) in [5, 5.41) is 7.54. The molecule has 0 unspecified atom stereocenters. The van der Waals surface area contributed by atoms with Crippen molar-refractivity contribution >= 4 is 5.91 Å². The highest BCUT2D eigenvalue weighted by molar-refractivity contribution is 5.76. The Morgan fingerprint density at radius 2 is 1.94 bits per heavy atom. The second-order valence-electron chi connectivity index (χ2n) is 7.32. The Kier molecular flexibility index (Phi) is 6.21. The average Bonchev–Trinajstić information content (AvgIpc) is 3.26. The van der Waals surface area contributed by atoms with Crippen LogP contribution in [0.15, 0.2) is 71.9 Å². The molecule has 1 aromatic carbocycles. The van der Waals surface area contributed by atoms with Crippen molar-refractivity contribution in [1.29, 1.82) is 0 Å². The lowest BCUT2D eigenvalue weighted by Gasteiger charge is -2.11.